The summed E-state index contributed by atoms with van der Waals surface area (Å²) in [7, 11) is 1.59. The second-order valence-electron chi connectivity index (χ2n) is 7.65. The molecular formula is C25H23F5N2O. The molecule has 1 amide bonds. The van der Waals surface area contributed by atoms with Crippen molar-refractivity contribution in [2.45, 2.75) is 25.8 Å². The Morgan fingerprint density at radius 2 is 1.42 bits per heavy atom. The molecule has 3 rings (SSSR count). The number of aryl methyl sites for hydroxylation is 1. The van der Waals surface area contributed by atoms with Crippen LogP contribution in [0.1, 0.15) is 16.7 Å². The number of benzene rings is 3. The molecule has 0 unspecified atom stereocenters. The van der Waals surface area contributed by atoms with E-state index in [1.807, 2.05) is 55.5 Å². The van der Waals surface area contributed by atoms with Crippen LogP contribution in [0, 0.1) is 36.0 Å². The van der Waals surface area contributed by atoms with Gasteiger partial charge in [0.15, 0.2) is 23.3 Å². The number of amides is 1. The van der Waals surface area contributed by atoms with E-state index in [0.717, 1.165) is 22.3 Å². The average Bonchev–Trinajstić information content (AvgIpc) is 2.82. The Hall–Kier alpha value is -3.26. The third-order valence-electron chi connectivity index (χ3n) is 5.49. The van der Waals surface area contributed by atoms with Crippen LogP contribution in [0.5, 0.6) is 0 Å². The van der Waals surface area contributed by atoms with Gasteiger partial charge in [-0.1, -0.05) is 48.5 Å². The highest BCUT2D eigenvalue weighted by Crippen LogP contribution is 2.24. The second kappa shape index (κ2) is 10.6. The Morgan fingerprint density at radius 1 is 0.848 bits per heavy atom. The quantitative estimate of drug-likeness (QED) is 0.286. The van der Waals surface area contributed by atoms with E-state index in [9.17, 15) is 26.7 Å². The SMILES string of the molecule is CN[C@@H](Cc1ccc(-c2ccccc2C)cc1)C(=O)NCCc1c(F)c(F)c(F)c(F)c1F. The molecule has 0 bridgehead atoms. The van der Waals surface area contributed by atoms with Gasteiger partial charge in [-0.3, -0.25) is 4.79 Å². The van der Waals surface area contributed by atoms with E-state index in [1.54, 1.807) is 7.05 Å². The molecule has 1 atom stereocenters. The zero-order chi connectivity index (χ0) is 24.1. The number of carbonyl (C=O) groups excluding carboxylic acids is 1. The number of halogens is 5. The first kappa shape index (κ1) is 24.4. The molecule has 3 aromatic carbocycles. The Labute approximate surface area is 188 Å². The van der Waals surface area contributed by atoms with Crippen LogP contribution >= 0.6 is 0 Å². The van der Waals surface area contributed by atoms with Gasteiger partial charge < -0.3 is 10.6 Å². The Balaban J connectivity index is 1.62. The van der Waals surface area contributed by atoms with Crippen molar-refractivity contribution >= 4 is 5.91 Å². The van der Waals surface area contributed by atoms with Gasteiger partial charge in [-0.2, -0.15) is 0 Å². The van der Waals surface area contributed by atoms with E-state index < -0.39 is 53.0 Å². The van der Waals surface area contributed by atoms with Gasteiger partial charge in [0.1, 0.15) is 0 Å². The van der Waals surface area contributed by atoms with Gasteiger partial charge in [-0.15, -0.1) is 0 Å². The molecule has 0 heterocycles. The van der Waals surface area contributed by atoms with Crippen LogP contribution in [-0.4, -0.2) is 25.5 Å². The Morgan fingerprint density at radius 3 is 2.00 bits per heavy atom. The Kier molecular flexibility index (Phi) is 7.81. The van der Waals surface area contributed by atoms with Crippen LogP contribution in [0.2, 0.25) is 0 Å². The van der Waals surface area contributed by atoms with Crippen molar-refractivity contribution in [2.75, 3.05) is 13.6 Å². The molecule has 3 nitrogen and oxygen atoms in total. The molecule has 0 aliphatic carbocycles. The lowest BCUT2D eigenvalue weighted by Gasteiger charge is -2.17. The molecule has 0 aliphatic heterocycles. The minimum absolute atomic E-state index is 0.290. The molecule has 0 aliphatic rings. The van der Waals surface area contributed by atoms with Crippen molar-refractivity contribution in [3.05, 3.63) is 94.3 Å². The summed E-state index contributed by atoms with van der Waals surface area (Å²) in [5, 5.41) is 5.35. The number of rotatable bonds is 8. The predicted molar refractivity (Wildman–Crippen MR) is 116 cm³/mol. The minimum Gasteiger partial charge on any atom is -0.354 e. The third-order valence-corrected chi connectivity index (χ3v) is 5.49. The van der Waals surface area contributed by atoms with Gasteiger partial charge >= 0.3 is 0 Å². The van der Waals surface area contributed by atoms with Crippen LogP contribution in [0.3, 0.4) is 0 Å². The molecular weight excluding hydrogens is 439 g/mol. The second-order valence-corrected chi connectivity index (χ2v) is 7.65. The fourth-order valence-electron chi connectivity index (χ4n) is 3.58. The van der Waals surface area contributed by atoms with Crippen molar-refractivity contribution in [2.24, 2.45) is 0 Å². The van der Waals surface area contributed by atoms with Crippen LogP contribution in [-0.2, 0) is 17.6 Å². The van der Waals surface area contributed by atoms with Gasteiger partial charge in [0.2, 0.25) is 11.7 Å². The first-order valence-electron chi connectivity index (χ1n) is 10.3. The average molecular weight is 462 g/mol. The van der Waals surface area contributed by atoms with Gasteiger partial charge in [0.05, 0.1) is 6.04 Å². The van der Waals surface area contributed by atoms with Gasteiger partial charge in [0.25, 0.3) is 0 Å². The van der Waals surface area contributed by atoms with Crippen LogP contribution in [0.25, 0.3) is 11.1 Å². The van der Waals surface area contributed by atoms with Crippen LogP contribution < -0.4 is 10.6 Å². The van der Waals surface area contributed by atoms with E-state index in [1.165, 1.54) is 0 Å². The van der Waals surface area contributed by atoms with Gasteiger partial charge in [-0.05, 0) is 49.1 Å². The monoisotopic (exact) mass is 462 g/mol. The van der Waals surface area contributed by atoms with Crippen LogP contribution in [0.15, 0.2) is 48.5 Å². The minimum atomic E-state index is -2.21. The lowest BCUT2D eigenvalue weighted by molar-refractivity contribution is -0.122. The molecule has 0 fully saturated rings. The molecule has 174 valence electrons. The molecule has 8 heteroatoms. The first-order chi connectivity index (χ1) is 15.7. The molecule has 0 saturated heterocycles. The summed E-state index contributed by atoms with van der Waals surface area (Å²) in [6.07, 6.45) is -0.196. The van der Waals surface area contributed by atoms with E-state index in [0.29, 0.717) is 6.42 Å². The first-order valence-corrected chi connectivity index (χ1v) is 10.3. The van der Waals surface area contributed by atoms with Crippen molar-refractivity contribution in [1.29, 1.82) is 0 Å². The number of carbonyl (C=O) groups is 1. The summed E-state index contributed by atoms with van der Waals surface area (Å²) in [5.74, 6) is -10.4. The van der Waals surface area contributed by atoms with Crippen molar-refractivity contribution < 1.29 is 26.7 Å². The summed E-state index contributed by atoms with van der Waals surface area (Å²) in [6, 6.07) is 15.1. The number of hydrogen-bond acceptors (Lipinski definition) is 2. The normalized spacial score (nSPS) is 12.0. The topological polar surface area (TPSA) is 41.1 Å². The fourth-order valence-corrected chi connectivity index (χ4v) is 3.58. The molecule has 0 aromatic heterocycles. The molecule has 3 aromatic rings. The lowest BCUT2D eigenvalue weighted by Crippen LogP contribution is -2.44. The molecule has 0 spiro atoms. The Bertz CT molecular complexity index is 1120. The maximum atomic E-state index is 13.8. The smallest absolute Gasteiger partial charge is 0.237 e. The van der Waals surface area contributed by atoms with Crippen molar-refractivity contribution in [3.8, 4) is 11.1 Å². The van der Waals surface area contributed by atoms with Crippen LogP contribution in [0.4, 0.5) is 22.0 Å². The van der Waals surface area contributed by atoms with Gasteiger partial charge in [0, 0.05) is 12.1 Å². The zero-order valence-electron chi connectivity index (χ0n) is 18.1. The highest BCUT2D eigenvalue weighted by molar-refractivity contribution is 5.82. The number of nitrogens with one attached hydrogen (secondary N) is 2. The molecule has 2 N–H and O–H groups in total. The predicted octanol–water partition coefficient (Wildman–Crippen LogP) is 4.85. The van der Waals surface area contributed by atoms with E-state index in [2.05, 4.69) is 10.6 Å². The zero-order valence-corrected chi connectivity index (χ0v) is 18.1. The number of hydrogen-bond donors (Lipinski definition) is 2. The summed E-state index contributed by atoms with van der Waals surface area (Å²) in [6.45, 7) is 1.73. The van der Waals surface area contributed by atoms with E-state index >= 15 is 0 Å². The van der Waals surface area contributed by atoms with E-state index in [-0.39, 0.29) is 6.54 Å². The third kappa shape index (κ3) is 5.39. The summed E-state index contributed by atoms with van der Waals surface area (Å²) in [5.41, 5.74) is 3.23. The van der Waals surface area contributed by atoms with Crippen molar-refractivity contribution in [3.63, 3.8) is 0 Å². The maximum Gasteiger partial charge on any atom is 0.237 e. The largest absolute Gasteiger partial charge is 0.354 e. The standard InChI is InChI=1S/C25H23F5N2O/c1-14-5-3-4-6-17(14)16-9-7-15(8-10-16)13-19(31-2)25(33)32-12-11-18-20(26)22(28)24(30)23(29)21(18)27/h3-10,19,31H,11-13H2,1-2H3,(H,32,33)/t19-/m0/s1. The lowest BCUT2D eigenvalue weighted by atomic mass is 9.97. The summed E-state index contributed by atoms with van der Waals surface area (Å²) in [4.78, 5) is 12.5. The van der Waals surface area contributed by atoms with Crippen molar-refractivity contribution in [1.82, 2.24) is 10.6 Å². The van der Waals surface area contributed by atoms with Gasteiger partial charge in [-0.25, -0.2) is 22.0 Å². The summed E-state index contributed by atoms with van der Waals surface area (Å²) >= 11 is 0. The van der Waals surface area contributed by atoms with E-state index in [4.69, 9.17) is 0 Å². The maximum absolute atomic E-state index is 13.8. The highest BCUT2D eigenvalue weighted by atomic mass is 19.2. The number of likely N-dealkylation sites (N-methyl/N-ethyl adjacent to an activating group) is 1. The molecule has 33 heavy (non-hydrogen) atoms. The molecule has 0 radical (unpaired) electrons. The molecule has 0 saturated carbocycles. The summed E-state index contributed by atoms with van der Waals surface area (Å²) < 4.78 is 67.3. The fraction of sp³-hybridized carbons (Fsp3) is 0.240. The highest BCUT2D eigenvalue weighted by Gasteiger charge is 2.25.